The largest absolute Gasteiger partial charge is 0.326 e. The Morgan fingerprint density at radius 3 is 2.59 bits per heavy atom. The van der Waals surface area contributed by atoms with Crippen LogP contribution in [0.25, 0.3) is 0 Å². The summed E-state index contributed by atoms with van der Waals surface area (Å²) in [6.45, 7) is 2.40. The third-order valence-corrected chi connectivity index (χ3v) is 7.78. The minimum atomic E-state index is -3.56. The number of piperazine rings is 1. The van der Waals surface area contributed by atoms with Gasteiger partial charge in [0, 0.05) is 31.9 Å². The van der Waals surface area contributed by atoms with E-state index in [1.165, 1.54) is 9.87 Å². The molecule has 1 heterocycles. The van der Waals surface area contributed by atoms with E-state index in [0.29, 0.717) is 18.8 Å². The average Bonchev–Trinajstić information content (AvgIpc) is 2.74. The van der Waals surface area contributed by atoms with Crippen molar-refractivity contribution in [3.63, 3.8) is 0 Å². The first-order chi connectivity index (χ1) is 13.9. The molecule has 1 unspecified atom stereocenters. The van der Waals surface area contributed by atoms with E-state index < -0.39 is 10.0 Å². The Morgan fingerprint density at radius 2 is 1.79 bits per heavy atom. The van der Waals surface area contributed by atoms with Gasteiger partial charge in [-0.3, -0.25) is 4.79 Å². The second kappa shape index (κ2) is 8.26. The minimum Gasteiger partial charge on any atom is -0.326 e. The van der Waals surface area contributed by atoms with Crippen molar-refractivity contribution in [1.82, 2.24) is 9.21 Å². The molecule has 1 saturated heterocycles. The smallest absolute Gasteiger partial charge is 0.243 e. The van der Waals surface area contributed by atoms with Gasteiger partial charge in [-0.25, -0.2) is 8.42 Å². The topological polar surface area (TPSA) is 69.7 Å². The highest BCUT2D eigenvalue weighted by atomic mass is 32.2. The number of nitrogens with one attached hydrogen (secondary N) is 1. The second-order valence-corrected chi connectivity index (χ2v) is 9.81. The Labute approximate surface area is 172 Å². The fourth-order valence-electron chi connectivity index (χ4n) is 4.17. The molecule has 1 fully saturated rings. The third kappa shape index (κ3) is 4.22. The van der Waals surface area contributed by atoms with Crippen LogP contribution in [0.5, 0.6) is 0 Å². The summed E-state index contributed by atoms with van der Waals surface area (Å²) in [6.07, 6.45) is 2.79. The number of anilines is 1. The molecule has 2 aliphatic rings. The van der Waals surface area contributed by atoms with Gasteiger partial charge in [-0.1, -0.05) is 30.3 Å². The van der Waals surface area contributed by atoms with E-state index in [-0.39, 0.29) is 16.7 Å². The van der Waals surface area contributed by atoms with E-state index >= 15 is 0 Å². The first-order valence-electron chi connectivity index (χ1n) is 10.1. The maximum atomic E-state index is 13.0. The zero-order valence-electron chi connectivity index (χ0n) is 16.7. The molecule has 29 heavy (non-hydrogen) atoms. The van der Waals surface area contributed by atoms with E-state index in [1.54, 1.807) is 24.3 Å². The molecule has 7 heteroatoms. The average molecular weight is 414 g/mol. The highest BCUT2D eigenvalue weighted by Crippen LogP contribution is 2.32. The lowest BCUT2D eigenvalue weighted by molar-refractivity contribution is -0.117. The maximum Gasteiger partial charge on any atom is 0.243 e. The van der Waals surface area contributed by atoms with Crippen molar-refractivity contribution < 1.29 is 13.2 Å². The van der Waals surface area contributed by atoms with Gasteiger partial charge in [0.05, 0.1) is 10.8 Å². The highest BCUT2D eigenvalue weighted by molar-refractivity contribution is 7.89. The van der Waals surface area contributed by atoms with Crippen LogP contribution in [0.4, 0.5) is 5.69 Å². The summed E-state index contributed by atoms with van der Waals surface area (Å²) in [5.41, 5.74) is 2.83. The van der Waals surface area contributed by atoms with Gasteiger partial charge in [0.15, 0.2) is 0 Å². The molecule has 1 N–H and O–H groups in total. The van der Waals surface area contributed by atoms with Crippen LogP contribution in [0.2, 0.25) is 0 Å². The molecule has 1 aliphatic carbocycles. The van der Waals surface area contributed by atoms with Gasteiger partial charge in [-0.15, -0.1) is 0 Å². The van der Waals surface area contributed by atoms with Crippen molar-refractivity contribution in [3.05, 3.63) is 59.7 Å². The monoisotopic (exact) mass is 413 g/mol. The molecule has 1 aliphatic heterocycles. The predicted octanol–water partition coefficient (Wildman–Crippen LogP) is 2.68. The van der Waals surface area contributed by atoms with Crippen LogP contribution in [0.1, 0.15) is 29.9 Å². The van der Waals surface area contributed by atoms with Crippen molar-refractivity contribution in [2.45, 2.75) is 30.1 Å². The number of aryl methyl sites for hydroxylation is 1. The lowest BCUT2D eigenvalue weighted by Gasteiger charge is -2.31. The third-order valence-electron chi connectivity index (χ3n) is 5.89. The number of amides is 1. The van der Waals surface area contributed by atoms with Crippen LogP contribution in [-0.4, -0.2) is 56.8 Å². The van der Waals surface area contributed by atoms with Crippen molar-refractivity contribution in [1.29, 1.82) is 0 Å². The van der Waals surface area contributed by atoms with Crippen LogP contribution < -0.4 is 5.32 Å². The number of nitrogens with zero attached hydrogens (tertiary/aromatic N) is 2. The summed E-state index contributed by atoms with van der Waals surface area (Å²) in [4.78, 5) is 15.3. The second-order valence-electron chi connectivity index (χ2n) is 7.87. The highest BCUT2D eigenvalue weighted by Gasteiger charge is 2.29. The first kappa shape index (κ1) is 20.1. The van der Waals surface area contributed by atoms with E-state index in [9.17, 15) is 13.2 Å². The number of carbonyl (C=O) groups is 1. The zero-order chi connectivity index (χ0) is 20.4. The maximum absolute atomic E-state index is 13.0. The molecule has 6 nitrogen and oxygen atoms in total. The standard InChI is InChI=1S/C22H27N3O3S/c1-24-12-14-25(15-13-24)29(27,28)19-9-5-8-18(16-19)23-22(26)21-11-4-7-17-6-2-3-10-20(17)21/h2-3,5-6,8-10,16,21H,4,7,11-15H2,1H3,(H,23,26). The Kier molecular flexibility index (Phi) is 5.72. The van der Waals surface area contributed by atoms with Crippen molar-refractivity contribution in [2.24, 2.45) is 0 Å². The van der Waals surface area contributed by atoms with E-state index in [4.69, 9.17) is 0 Å². The fraction of sp³-hybridized carbons (Fsp3) is 0.409. The van der Waals surface area contributed by atoms with Crippen LogP contribution in [0, 0.1) is 0 Å². The van der Waals surface area contributed by atoms with E-state index in [2.05, 4.69) is 16.3 Å². The zero-order valence-corrected chi connectivity index (χ0v) is 17.5. The molecule has 0 saturated carbocycles. The predicted molar refractivity (Wildman–Crippen MR) is 113 cm³/mol. The van der Waals surface area contributed by atoms with Crippen molar-refractivity contribution in [2.75, 3.05) is 38.5 Å². The van der Waals surface area contributed by atoms with E-state index in [0.717, 1.165) is 37.9 Å². The molecule has 0 spiro atoms. The Bertz CT molecular complexity index is 998. The summed E-state index contributed by atoms with van der Waals surface area (Å²) < 4.78 is 27.5. The Hall–Kier alpha value is -2.22. The SMILES string of the molecule is CN1CCN(S(=O)(=O)c2cccc(NC(=O)C3CCCc4ccccc43)c2)CC1. The lowest BCUT2D eigenvalue weighted by atomic mass is 9.82. The molecular weight excluding hydrogens is 386 g/mol. The molecule has 154 valence electrons. The van der Waals surface area contributed by atoms with Crippen LogP contribution >= 0.6 is 0 Å². The van der Waals surface area contributed by atoms with Crippen LogP contribution in [-0.2, 0) is 21.2 Å². The molecule has 2 aromatic carbocycles. The number of likely N-dealkylation sites (N-methyl/N-ethyl adjacent to an activating group) is 1. The Morgan fingerprint density at radius 1 is 1.03 bits per heavy atom. The van der Waals surface area contributed by atoms with Gasteiger partial charge in [-0.2, -0.15) is 4.31 Å². The molecule has 1 atom stereocenters. The molecule has 1 amide bonds. The van der Waals surface area contributed by atoms with Gasteiger partial charge in [0.25, 0.3) is 0 Å². The lowest BCUT2D eigenvalue weighted by Crippen LogP contribution is -2.47. The molecule has 0 radical (unpaired) electrons. The van der Waals surface area contributed by atoms with Gasteiger partial charge < -0.3 is 10.2 Å². The fourth-order valence-corrected chi connectivity index (χ4v) is 5.64. The summed E-state index contributed by atoms with van der Waals surface area (Å²) in [5, 5.41) is 2.94. The number of hydrogen-bond donors (Lipinski definition) is 1. The molecular formula is C22H27N3O3S. The Balaban J connectivity index is 1.52. The number of benzene rings is 2. The number of hydrogen-bond acceptors (Lipinski definition) is 4. The molecule has 4 rings (SSSR count). The summed E-state index contributed by atoms with van der Waals surface area (Å²) in [7, 11) is -1.57. The van der Waals surface area contributed by atoms with Gasteiger partial charge in [-0.05, 0) is 55.6 Å². The quantitative estimate of drug-likeness (QED) is 0.837. The first-order valence-corrected chi connectivity index (χ1v) is 11.6. The van der Waals surface area contributed by atoms with Crippen molar-refractivity contribution in [3.8, 4) is 0 Å². The van der Waals surface area contributed by atoms with Gasteiger partial charge in [0.1, 0.15) is 0 Å². The van der Waals surface area contributed by atoms with Crippen molar-refractivity contribution >= 4 is 21.6 Å². The van der Waals surface area contributed by atoms with Crippen LogP contribution in [0.15, 0.2) is 53.4 Å². The number of sulfonamides is 1. The summed E-state index contributed by atoms with van der Waals surface area (Å²) in [5.74, 6) is -0.274. The van der Waals surface area contributed by atoms with E-state index in [1.807, 2.05) is 25.2 Å². The number of fused-ring (bicyclic) bond motifs is 1. The number of rotatable bonds is 4. The molecule has 0 bridgehead atoms. The van der Waals surface area contributed by atoms with Crippen LogP contribution in [0.3, 0.4) is 0 Å². The van der Waals surface area contributed by atoms with Gasteiger partial charge >= 0.3 is 0 Å². The van der Waals surface area contributed by atoms with Gasteiger partial charge in [0.2, 0.25) is 15.9 Å². The molecule has 0 aromatic heterocycles. The number of carbonyl (C=O) groups excluding carboxylic acids is 1. The summed E-state index contributed by atoms with van der Waals surface area (Å²) >= 11 is 0. The minimum absolute atomic E-state index is 0.0775. The normalized spacial score (nSPS) is 20.8. The molecule has 2 aromatic rings. The summed E-state index contributed by atoms with van der Waals surface area (Å²) in [6, 6.07) is 14.7.